The standard InChI is InChI=1S/C13H23NO/c1-10-9-14(11(2)8-13(10)15)12-6-4-3-5-7-12/h10-12H,3-9H2,1-2H3/t10-,11+/m0/s1. The topological polar surface area (TPSA) is 20.3 Å². The highest BCUT2D eigenvalue weighted by Gasteiger charge is 2.33. The number of rotatable bonds is 1. The molecule has 2 rings (SSSR count). The van der Waals surface area contributed by atoms with Crippen LogP contribution in [-0.2, 0) is 4.79 Å². The Labute approximate surface area is 93.0 Å². The second-order valence-electron chi connectivity index (χ2n) is 5.41. The lowest BCUT2D eigenvalue weighted by Crippen LogP contribution is -2.51. The first-order valence-corrected chi connectivity index (χ1v) is 6.47. The molecular formula is C13H23NO. The molecule has 0 unspecified atom stereocenters. The van der Waals surface area contributed by atoms with Gasteiger partial charge in [-0.3, -0.25) is 9.69 Å². The van der Waals surface area contributed by atoms with Crippen LogP contribution in [-0.4, -0.2) is 29.3 Å². The van der Waals surface area contributed by atoms with E-state index in [1.165, 1.54) is 32.1 Å². The zero-order valence-electron chi connectivity index (χ0n) is 10.0. The van der Waals surface area contributed by atoms with Crippen molar-refractivity contribution in [2.75, 3.05) is 6.54 Å². The molecule has 0 aromatic heterocycles. The molecule has 1 heterocycles. The first-order chi connectivity index (χ1) is 7.18. The van der Waals surface area contributed by atoms with Crippen molar-refractivity contribution in [3.8, 4) is 0 Å². The van der Waals surface area contributed by atoms with Crippen LogP contribution < -0.4 is 0 Å². The number of ketones is 1. The minimum absolute atomic E-state index is 0.267. The lowest BCUT2D eigenvalue weighted by atomic mass is 9.87. The molecule has 0 radical (unpaired) electrons. The average molecular weight is 209 g/mol. The second kappa shape index (κ2) is 4.65. The summed E-state index contributed by atoms with van der Waals surface area (Å²) in [5.41, 5.74) is 0. The summed E-state index contributed by atoms with van der Waals surface area (Å²) in [6, 6.07) is 1.25. The maximum absolute atomic E-state index is 11.6. The summed E-state index contributed by atoms with van der Waals surface area (Å²) < 4.78 is 0. The maximum Gasteiger partial charge on any atom is 0.138 e. The van der Waals surface area contributed by atoms with Gasteiger partial charge in [-0.05, 0) is 19.8 Å². The highest BCUT2D eigenvalue weighted by atomic mass is 16.1. The number of hydrogen-bond donors (Lipinski definition) is 0. The summed E-state index contributed by atoms with van der Waals surface area (Å²) in [7, 11) is 0. The molecule has 0 bridgehead atoms. The van der Waals surface area contributed by atoms with Gasteiger partial charge in [0.15, 0.2) is 0 Å². The van der Waals surface area contributed by atoms with Crippen LogP contribution >= 0.6 is 0 Å². The molecule has 15 heavy (non-hydrogen) atoms. The predicted octanol–water partition coefficient (Wildman–Crippen LogP) is 2.62. The van der Waals surface area contributed by atoms with Crippen molar-refractivity contribution in [3.63, 3.8) is 0 Å². The Morgan fingerprint density at radius 1 is 1.13 bits per heavy atom. The van der Waals surface area contributed by atoms with Crippen molar-refractivity contribution >= 4 is 5.78 Å². The molecule has 2 fully saturated rings. The summed E-state index contributed by atoms with van der Waals surface area (Å²) >= 11 is 0. The molecule has 2 heteroatoms. The third kappa shape index (κ3) is 2.41. The van der Waals surface area contributed by atoms with Crippen LogP contribution in [0.25, 0.3) is 0 Å². The van der Waals surface area contributed by atoms with Crippen LogP contribution in [0.1, 0.15) is 52.4 Å². The zero-order chi connectivity index (χ0) is 10.8. The van der Waals surface area contributed by atoms with Crippen molar-refractivity contribution in [1.82, 2.24) is 4.90 Å². The second-order valence-corrected chi connectivity index (χ2v) is 5.41. The molecule has 0 N–H and O–H groups in total. The minimum atomic E-state index is 0.267. The first-order valence-electron chi connectivity index (χ1n) is 6.47. The van der Waals surface area contributed by atoms with Gasteiger partial charge in [0.05, 0.1) is 0 Å². The number of carbonyl (C=O) groups excluding carboxylic acids is 1. The Bertz CT molecular complexity index is 233. The number of nitrogens with zero attached hydrogens (tertiary/aromatic N) is 1. The molecule has 2 aliphatic rings. The van der Waals surface area contributed by atoms with Crippen LogP contribution in [0.3, 0.4) is 0 Å². The smallest absolute Gasteiger partial charge is 0.138 e. The van der Waals surface area contributed by atoms with Crippen LogP contribution in [0.2, 0.25) is 0 Å². The van der Waals surface area contributed by atoms with Gasteiger partial charge in [-0.15, -0.1) is 0 Å². The van der Waals surface area contributed by atoms with Crippen molar-refractivity contribution < 1.29 is 4.79 Å². The van der Waals surface area contributed by atoms with Gasteiger partial charge in [-0.1, -0.05) is 26.2 Å². The molecule has 0 aromatic carbocycles. The maximum atomic E-state index is 11.6. The van der Waals surface area contributed by atoms with Gasteiger partial charge in [-0.25, -0.2) is 0 Å². The largest absolute Gasteiger partial charge is 0.299 e. The van der Waals surface area contributed by atoms with Crippen molar-refractivity contribution in [1.29, 1.82) is 0 Å². The van der Waals surface area contributed by atoms with Crippen LogP contribution in [0.4, 0.5) is 0 Å². The Balaban J connectivity index is 1.98. The van der Waals surface area contributed by atoms with Gasteiger partial charge in [0.2, 0.25) is 0 Å². The summed E-state index contributed by atoms with van der Waals surface area (Å²) in [6.45, 7) is 5.31. The molecule has 2 nitrogen and oxygen atoms in total. The van der Waals surface area contributed by atoms with Gasteiger partial charge in [0.25, 0.3) is 0 Å². The average Bonchev–Trinajstić information content (AvgIpc) is 2.25. The van der Waals surface area contributed by atoms with E-state index in [1.807, 2.05) is 0 Å². The van der Waals surface area contributed by atoms with Gasteiger partial charge in [0, 0.05) is 31.0 Å². The summed E-state index contributed by atoms with van der Waals surface area (Å²) in [6.07, 6.45) is 7.66. The van der Waals surface area contributed by atoms with Gasteiger partial charge in [0.1, 0.15) is 5.78 Å². The number of likely N-dealkylation sites (tertiary alicyclic amines) is 1. The fourth-order valence-electron chi connectivity index (χ4n) is 3.13. The van der Waals surface area contributed by atoms with Crippen LogP contribution in [0.15, 0.2) is 0 Å². The Morgan fingerprint density at radius 2 is 1.80 bits per heavy atom. The Morgan fingerprint density at radius 3 is 2.47 bits per heavy atom. The van der Waals surface area contributed by atoms with Gasteiger partial charge in [-0.2, -0.15) is 0 Å². The number of carbonyl (C=O) groups is 1. The molecule has 1 aliphatic carbocycles. The molecule has 1 saturated carbocycles. The van der Waals surface area contributed by atoms with E-state index < -0.39 is 0 Å². The molecule has 2 atom stereocenters. The van der Waals surface area contributed by atoms with Gasteiger partial charge >= 0.3 is 0 Å². The van der Waals surface area contributed by atoms with E-state index in [0.717, 1.165) is 19.0 Å². The molecule has 86 valence electrons. The third-order valence-corrected chi connectivity index (χ3v) is 4.14. The van der Waals surface area contributed by atoms with Gasteiger partial charge < -0.3 is 0 Å². The van der Waals surface area contributed by atoms with E-state index in [9.17, 15) is 4.79 Å². The van der Waals surface area contributed by atoms with Crippen LogP contribution in [0.5, 0.6) is 0 Å². The van der Waals surface area contributed by atoms with E-state index >= 15 is 0 Å². The minimum Gasteiger partial charge on any atom is -0.299 e. The van der Waals surface area contributed by atoms with E-state index in [-0.39, 0.29) is 5.92 Å². The number of Topliss-reactive ketones (excluding diaryl/α,β-unsaturated/α-hetero) is 1. The molecular weight excluding hydrogens is 186 g/mol. The summed E-state index contributed by atoms with van der Waals surface area (Å²) in [5.74, 6) is 0.734. The molecule has 0 spiro atoms. The monoisotopic (exact) mass is 209 g/mol. The van der Waals surface area contributed by atoms with E-state index in [4.69, 9.17) is 0 Å². The van der Waals surface area contributed by atoms with Crippen molar-refractivity contribution in [2.45, 2.75) is 64.5 Å². The summed E-state index contributed by atoms with van der Waals surface area (Å²) in [4.78, 5) is 14.2. The number of piperidine rings is 1. The Hall–Kier alpha value is -0.370. The van der Waals surface area contributed by atoms with Crippen LogP contribution in [0, 0.1) is 5.92 Å². The predicted molar refractivity (Wildman–Crippen MR) is 61.8 cm³/mol. The normalized spacial score (nSPS) is 35.7. The fourth-order valence-corrected chi connectivity index (χ4v) is 3.13. The zero-order valence-corrected chi connectivity index (χ0v) is 10.0. The van der Waals surface area contributed by atoms with E-state index in [2.05, 4.69) is 18.7 Å². The van der Waals surface area contributed by atoms with Crippen molar-refractivity contribution in [3.05, 3.63) is 0 Å². The number of hydrogen-bond acceptors (Lipinski definition) is 2. The third-order valence-electron chi connectivity index (χ3n) is 4.14. The molecule has 0 amide bonds. The lowest BCUT2D eigenvalue weighted by molar-refractivity contribution is -0.128. The molecule has 0 aromatic rings. The SMILES string of the molecule is C[C@@H]1CC(=O)[C@@H](C)CN1C1CCCCC1. The quantitative estimate of drug-likeness (QED) is 0.661. The van der Waals surface area contributed by atoms with E-state index in [0.29, 0.717) is 11.8 Å². The Kier molecular flexibility index (Phi) is 3.45. The molecule has 1 saturated heterocycles. The fraction of sp³-hybridized carbons (Fsp3) is 0.923. The summed E-state index contributed by atoms with van der Waals surface area (Å²) in [5, 5.41) is 0. The first kappa shape index (κ1) is 11.1. The molecule has 1 aliphatic heterocycles. The lowest BCUT2D eigenvalue weighted by Gasteiger charge is -2.42. The van der Waals surface area contributed by atoms with E-state index in [1.54, 1.807) is 0 Å². The highest BCUT2D eigenvalue weighted by molar-refractivity contribution is 5.82. The van der Waals surface area contributed by atoms with Crippen molar-refractivity contribution in [2.24, 2.45) is 5.92 Å². The highest BCUT2D eigenvalue weighted by Crippen LogP contribution is 2.28.